The largest absolute Gasteiger partial charge is 0.347 e. The van der Waals surface area contributed by atoms with Crippen LogP contribution in [0.4, 0.5) is 0 Å². The summed E-state index contributed by atoms with van der Waals surface area (Å²) in [6.07, 6.45) is 3.48. The van der Waals surface area contributed by atoms with Crippen molar-refractivity contribution in [3.05, 3.63) is 33.2 Å². The summed E-state index contributed by atoms with van der Waals surface area (Å²) in [6.45, 7) is 3.17. The molecule has 3 saturated heterocycles. The normalized spacial score (nSPS) is 28.9. The number of hydrogen-bond donors (Lipinski definition) is 2. The third kappa shape index (κ3) is 2.88. The summed E-state index contributed by atoms with van der Waals surface area (Å²) < 4.78 is 0. The van der Waals surface area contributed by atoms with E-state index < -0.39 is 5.56 Å². The van der Waals surface area contributed by atoms with Gasteiger partial charge in [-0.05, 0) is 50.4 Å². The number of pyridine rings is 1. The van der Waals surface area contributed by atoms with Gasteiger partial charge in [-0.15, -0.1) is 0 Å². The summed E-state index contributed by atoms with van der Waals surface area (Å²) in [7, 11) is 0. The zero-order valence-corrected chi connectivity index (χ0v) is 11.9. The molecule has 108 valence electrons. The lowest BCUT2D eigenvalue weighted by Crippen LogP contribution is -2.42. The average Bonchev–Trinajstić information content (AvgIpc) is 2.74. The second-order valence-electron chi connectivity index (χ2n) is 5.70. The molecule has 2 N–H and O–H groups in total. The molecule has 3 fully saturated rings. The lowest BCUT2D eigenvalue weighted by atomic mass is 9.94. The van der Waals surface area contributed by atoms with Crippen LogP contribution >= 0.6 is 11.6 Å². The summed E-state index contributed by atoms with van der Waals surface area (Å²) in [5, 5.41) is 3.13. The first kappa shape index (κ1) is 13.6. The molecule has 1 atom stereocenters. The van der Waals surface area contributed by atoms with E-state index in [4.69, 9.17) is 11.6 Å². The summed E-state index contributed by atoms with van der Waals surface area (Å²) in [6, 6.07) is 3.16. The Morgan fingerprint density at radius 2 is 2.10 bits per heavy atom. The number of hydrogen-bond acceptors (Lipinski definition) is 3. The number of amides is 1. The molecule has 0 spiro atoms. The second-order valence-corrected chi connectivity index (χ2v) is 6.11. The van der Waals surface area contributed by atoms with Crippen LogP contribution in [0.3, 0.4) is 0 Å². The van der Waals surface area contributed by atoms with Crippen LogP contribution < -0.4 is 10.9 Å². The molecule has 0 aromatic carbocycles. The van der Waals surface area contributed by atoms with Gasteiger partial charge in [0, 0.05) is 12.6 Å². The lowest BCUT2D eigenvalue weighted by Gasteiger charge is -2.26. The molecule has 1 aromatic heterocycles. The van der Waals surface area contributed by atoms with E-state index in [1.165, 1.54) is 18.9 Å². The molecule has 0 radical (unpaired) electrons. The summed E-state index contributed by atoms with van der Waals surface area (Å²) in [5.41, 5.74) is -0.157. The van der Waals surface area contributed by atoms with Gasteiger partial charge < -0.3 is 15.2 Å². The second kappa shape index (κ2) is 5.58. The molecule has 1 amide bonds. The van der Waals surface area contributed by atoms with E-state index in [0.717, 1.165) is 26.1 Å². The minimum atomic E-state index is -0.427. The summed E-state index contributed by atoms with van der Waals surface area (Å²) in [4.78, 5) is 28.5. The molecule has 2 bridgehead atoms. The quantitative estimate of drug-likeness (QED) is 0.863. The smallest absolute Gasteiger partial charge is 0.268 e. The number of nitrogens with one attached hydrogen (secondary N) is 2. The van der Waals surface area contributed by atoms with Crippen LogP contribution in [-0.4, -0.2) is 41.5 Å². The summed E-state index contributed by atoms with van der Waals surface area (Å²) in [5.74, 6) is 0.481. The van der Waals surface area contributed by atoms with Crippen LogP contribution in [0.15, 0.2) is 16.9 Å². The first-order chi connectivity index (χ1) is 9.61. The van der Waals surface area contributed by atoms with Gasteiger partial charge in [0.25, 0.3) is 11.5 Å². The predicted octanol–water partition coefficient (Wildman–Crippen LogP) is 1.24. The Morgan fingerprint density at radius 1 is 1.35 bits per heavy atom. The molecule has 4 rings (SSSR count). The number of halogens is 1. The van der Waals surface area contributed by atoms with Crippen LogP contribution in [0.1, 0.15) is 29.8 Å². The van der Waals surface area contributed by atoms with Crippen molar-refractivity contribution in [3.8, 4) is 0 Å². The zero-order valence-electron chi connectivity index (χ0n) is 11.2. The Hall–Kier alpha value is -1.33. The molecule has 4 heterocycles. The van der Waals surface area contributed by atoms with E-state index in [9.17, 15) is 9.59 Å². The first-order valence-corrected chi connectivity index (χ1v) is 7.41. The van der Waals surface area contributed by atoms with Gasteiger partial charge in [0.2, 0.25) is 0 Å². The molecular formula is C14H18ClN3O2. The molecule has 0 unspecified atom stereocenters. The van der Waals surface area contributed by atoms with Crippen LogP contribution in [0.2, 0.25) is 5.02 Å². The van der Waals surface area contributed by atoms with Crippen molar-refractivity contribution in [2.24, 2.45) is 5.92 Å². The molecule has 0 aliphatic carbocycles. The number of H-pyrrole nitrogens is 1. The molecule has 3 aliphatic rings. The van der Waals surface area contributed by atoms with Crippen molar-refractivity contribution in [2.45, 2.75) is 25.3 Å². The minimum absolute atomic E-state index is 0.0974. The highest BCUT2D eigenvalue weighted by Crippen LogP contribution is 2.26. The third-order valence-electron chi connectivity index (χ3n) is 4.24. The van der Waals surface area contributed by atoms with Crippen LogP contribution in [-0.2, 0) is 0 Å². The fourth-order valence-corrected chi connectivity index (χ4v) is 3.26. The Balaban J connectivity index is 1.69. The highest BCUT2D eigenvalue weighted by molar-refractivity contribution is 6.30. The van der Waals surface area contributed by atoms with Crippen molar-refractivity contribution in [1.82, 2.24) is 15.2 Å². The maximum absolute atomic E-state index is 12.2. The maximum atomic E-state index is 12.2. The Morgan fingerprint density at radius 3 is 2.80 bits per heavy atom. The van der Waals surface area contributed by atoms with Crippen molar-refractivity contribution in [1.29, 1.82) is 0 Å². The van der Waals surface area contributed by atoms with E-state index in [-0.39, 0.29) is 22.7 Å². The van der Waals surface area contributed by atoms with Crippen molar-refractivity contribution < 1.29 is 4.79 Å². The zero-order chi connectivity index (χ0) is 14.1. The number of nitrogens with zero attached hydrogens (tertiary/aromatic N) is 1. The number of aromatic amines is 1. The number of fused-ring (bicyclic) bond motifs is 4. The molecular weight excluding hydrogens is 278 g/mol. The van der Waals surface area contributed by atoms with Crippen LogP contribution in [0.25, 0.3) is 0 Å². The number of aromatic nitrogens is 1. The Kier molecular flexibility index (Phi) is 3.81. The van der Waals surface area contributed by atoms with Gasteiger partial charge >= 0.3 is 0 Å². The number of piperidine rings is 1. The SMILES string of the molecule is O=C(N[C@@H]1CC2CCN(CC2)C1)c1ccc(Cl)c(=O)[nH]1. The monoisotopic (exact) mass is 295 g/mol. The maximum Gasteiger partial charge on any atom is 0.268 e. The van der Waals surface area contributed by atoms with E-state index in [1.54, 1.807) is 6.07 Å². The van der Waals surface area contributed by atoms with Gasteiger partial charge in [0.15, 0.2) is 0 Å². The minimum Gasteiger partial charge on any atom is -0.347 e. The number of carbonyl (C=O) groups excluding carboxylic acids is 1. The molecule has 1 aromatic rings. The topological polar surface area (TPSA) is 65.2 Å². The van der Waals surface area contributed by atoms with E-state index >= 15 is 0 Å². The number of rotatable bonds is 2. The van der Waals surface area contributed by atoms with Crippen molar-refractivity contribution >= 4 is 17.5 Å². The van der Waals surface area contributed by atoms with Crippen LogP contribution in [0, 0.1) is 5.92 Å². The predicted molar refractivity (Wildman–Crippen MR) is 77.1 cm³/mol. The van der Waals surface area contributed by atoms with E-state index in [0.29, 0.717) is 5.92 Å². The van der Waals surface area contributed by atoms with Gasteiger partial charge in [-0.2, -0.15) is 0 Å². The Labute approximate surface area is 122 Å². The third-order valence-corrected chi connectivity index (χ3v) is 4.54. The number of carbonyl (C=O) groups is 1. The standard InChI is InChI=1S/C14H18ClN3O2/c15-11-1-2-12(17-13(11)19)14(20)16-10-7-9-3-5-18(8-10)6-4-9/h1-2,9-10H,3-8H2,(H,16,20)(H,17,19)/t10-/m1/s1. The van der Waals surface area contributed by atoms with Gasteiger partial charge in [-0.3, -0.25) is 9.59 Å². The molecule has 0 saturated carbocycles. The summed E-state index contributed by atoms with van der Waals surface area (Å²) >= 11 is 5.66. The van der Waals surface area contributed by atoms with Gasteiger partial charge in [-0.25, -0.2) is 0 Å². The lowest BCUT2D eigenvalue weighted by molar-refractivity contribution is 0.0923. The highest BCUT2D eigenvalue weighted by Gasteiger charge is 2.30. The van der Waals surface area contributed by atoms with Gasteiger partial charge in [0.1, 0.15) is 10.7 Å². The van der Waals surface area contributed by atoms with Crippen molar-refractivity contribution in [2.75, 3.05) is 19.6 Å². The fourth-order valence-electron chi connectivity index (χ4n) is 3.15. The van der Waals surface area contributed by atoms with Gasteiger partial charge in [0.05, 0.1) is 0 Å². The van der Waals surface area contributed by atoms with E-state index in [1.807, 2.05) is 0 Å². The highest BCUT2D eigenvalue weighted by atomic mass is 35.5. The molecule has 5 nitrogen and oxygen atoms in total. The molecule has 3 aliphatic heterocycles. The van der Waals surface area contributed by atoms with E-state index in [2.05, 4.69) is 15.2 Å². The van der Waals surface area contributed by atoms with Crippen molar-refractivity contribution in [3.63, 3.8) is 0 Å². The molecule has 6 heteroatoms. The average molecular weight is 296 g/mol. The van der Waals surface area contributed by atoms with Crippen LogP contribution in [0.5, 0.6) is 0 Å². The fraction of sp³-hybridized carbons (Fsp3) is 0.571. The van der Waals surface area contributed by atoms with Gasteiger partial charge in [-0.1, -0.05) is 11.6 Å². The molecule has 20 heavy (non-hydrogen) atoms. The first-order valence-electron chi connectivity index (χ1n) is 7.04. The Bertz CT molecular complexity index is 550.